The van der Waals surface area contributed by atoms with Crippen LogP contribution in [0, 0.1) is 10.1 Å². The number of imidazole rings is 1. The fourth-order valence-corrected chi connectivity index (χ4v) is 2.97. The molecule has 3 rings (SSSR count). The average molecular weight is 408 g/mol. The molecule has 11 heteroatoms. The summed E-state index contributed by atoms with van der Waals surface area (Å²) in [4.78, 5) is 26.6. The lowest BCUT2D eigenvalue weighted by molar-refractivity contribution is -0.383. The van der Waals surface area contributed by atoms with Crippen LogP contribution in [-0.4, -0.2) is 26.7 Å². The Bertz CT molecular complexity index is 1050. The summed E-state index contributed by atoms with van der Waals surface area (Å²) >= 11 is 0. The standard InChI is InChI=1S/C18H15F3N4O4/c1-11(26)23-15(12-5-7-13(8-6-12)29-18(19,20)21)9-24-10-22-14-3-2-4-16(17(14)24)25(27)28/h2-8,10,15H,9H2,1H3,(H,23,26). The molecule has 1 amide bonds. The van der Waals surface area contributed by atoms with Gasteiger partial charge in [0, 0.05) is 19.5 Å². The second kappa shape index (κ2) is 7.78. The summed E-state index contributed by atoms with van der Waals surface area (Å²) in [6.07, 6.45) is -3.40. The van der Waals surface area contributed by atoms with Gasteiger partial charge in [0.1, 0.15) is 11.3 Å². The number of nitro groups is 1. The molecule has 1 heterocycles. The van der Waals surface area contributed by atoms with Gasteiger partial charge in [-0.15, -0.1) is 13.2 Å². The molecule has 0 aliphatic carbocycles. The molecule has 1 atom stereocenters. The first-order valence-electron chi connectivity index (χ1n) is 8.35. The van der Waals surface area contributed by atoms with E-state index in [-0.39, 0.29) is 23.7 Å². The number of carbonyl (C=O) groups is 1. The molecule has 0 saturated carbocycles. The molecule has 152 valence electrons. The number of hydrogen-bond donors (Lipinski definition) is 1. The van der Waals surface area contributed by atoms with Gasteiger partial charge < -0.3 is 14.6 Å². The maximum atomic E-state index is 12.3. The van der Waals surface area contributed by atoms with Crippen LogP contribution in [0.3, 0.4) is 0 Å². The Kier molecular flexibility index (Phi) is 5.39. The van der Waals surface area contributed by atoms with Gasteiger partial charge in [0.15, 0.2) is 0 Å². The van der Waals surface area contributed by atoms with Crippen molar-refractivity contribution in [2.24, 2.45) is 0 Å². The largest absolute Gasteiger partial charge is 0.573 e. The van der Waals surface area contributed by atoms with E-state index in [1.54, 1.807) is 6.07 Å². The van der Waals surface area contributed by atoms with Crippen molar-refractivity contribution in [2.45, 2.75) is 25.9 Å². The lowest BCUT2D eigenvalue weighted by Gasteiger charge is -2.20. The van der Waals surface area contributed by atoms with Crippen LogP contribution in [0.5, 0.6) is 5.75 Å². The summed E-state index contributed by atoms with van der Waals surface area (Å²) in [6, 6.07) is 8.85. The van der Waals surface area contributed by atoms with Crippen LogP contribution in [0.15, 0.2) is 48.8 Å². The molecule has 1 unspecified atom stereocenters. The summed E-state index contributed by atoms with van der Waals surface area (Å²) in [5.41, 5.74) is 1.05. The Morgan fingerprint density at radius 2 is 1.97 bits per heavy atom. The number of non-ortho nitro benzene ring substituents is 1. The highest BCUT2D eigenvalue weighted by Crippen LogP contribution is 2.28. The fourth-order valence-electron chi connectivity index (χ4n) is 2.97. The maximum absolute atomic E-state index is 12.3. The van der Waals surface area contributed by atoms with E-state index in [1.165, 1.54) is 42.1 Å². The van der Waals surface area contributed by atoms with Crippen LogP contribution < -0.4 is 10.1 Å². The molecule has 0 aliphatic rings. The van der Waals surface area contributed by atoms with Crippen LogP contribution in [-0.2, 0) is 11.3 Å². The second-order valence-electron chi connectivity index (χ2n) is 6.17. The molecule has 0 spiro atoms. The van der Waals surface area contributed by atoms with Crippen molar-refractivity contribution in [1.82, 2.24) is 14.9 Å². The highest BCUT2D eigenvalue weighted by atomic mass is 19.4. The van der Waals surface area contributed by atoms with Gasteiger partial charge >= 0.3 is 6.36 Å². The number of nitrogens with one attached hydrogen (secondary N) is 1. The van der Waals surface area contributed by atoms with E-state index in [0.29, 0.717) is 11.1 Å². The first-order valence-corrected chi connectivity index (χ1v) is 8.35. The summed E-state index contributed by atoms with van der Waals surface area (Å²) in [5.74, 6) is -0.768. The van der Waals surface area contributed by atoms with E-state index in [1.807, 2.05) is 0 Å². The monoisotopic (exact) mass is 408 g/mol. The SMILES string of the molecule is CC(=O)NC(Cn1cnc2cccc([N+](=O)[O-])c21)c1ccc(OC(F)(F)F)cc1. The maximum Gasteiger partial charge on any atom is 0.573 e. The summed E-state index contributed by atoms with van der Waals surface area (Å²) in [6.45, 7) is 1.38. The molecular weight excluding hydrogens is 393 g/mol. The topological polar surface area (TPSA) is 99.3 Å². The minimum Gasteiger partial charge on any atom is -0.406 e. The number of ether oxygens (including phenoxy) is 1. The van der Waals surface area contributed by atoms with Crippen LogP contribution in [0.1, 0.15) is 18.5 Å². The van der Waals surface area contributed by atoms with Crippen molar-refractivity contribution in [3.63, 3.8) is 0 Å². The minimum atomic E-state index is -4.81. The Balaban J connectivity index is 1.94. The predicted octanol–water partition coefficient (Wildman–Crippen LogP) is 3.72. The van der Waals surface area contributed by atoms with Crippen molar-refractivity contribution < 1.29 is 27.6 Å². The molecule has 0 aliphatic heterocycles. The molecule has 29 heavy (non-hydrogen) atoms. The Morgan fingerprint density at radius 3 is 2.55 bits per heavy atom. The van der Waals surface area contributed by atoms with Crippen LogP contribution in [0.2, 0.25) is 0 Å². The summed E-state index contributed by atoms with van der Waals surface area (Å²) < 4.78 is 42.4. The first-order chi connectivity index (χ1) is 13.6. The van der Waals surface area contributed by atoms with Gasteiger partial charge in [-0.3, -0.25) is 14.9 Å². The number of rotatable bonds is 6. The zero-order valence-electron chi connectivity index (χ0n) is 15.0. The normalized spacial score (nSPS) is 12.6. The molecule has 8 nitrogen and oxygen atoms in total. The number of amides is 1. The molecule has 0 radical (unpaired) electrons. The third kappa shape index (κ3) is 4.81. The van der Waals surface area contributed by atoms with Gasteiger partial charge in [-0.2, -0.15) is 0 Å². The number of halogens is 3. The van der Waals surface area contributed by atoms with E-state index in [4.69, 9.17) is 0 Å². The zero-order valence-corrected chi connectivity index (χ0v) is 15.0. The number of benzene rings is 2. The smallest absolute Gasteiger partial charge is 0.406 e. The average Bonchev–Trinajstić information content (AvgIpc) is 3.03. The molecule has 2 aromatic carbocycles. The summed E-state index contributed by atoms with van der Waals surface area (Å²) in [7, 11) is 0. The van der Waals surface area contributed by atoms with Crippen LogP contribution >= 0.6 is 0 Å². The molecule has 0 saturated heterocycles. The van der Waals surface area contributed by atoms with E-state index < -0.39 is 23.1 Å². The van der Waals surface area contributed by atoms with E-state index in [0.717, 1.165) is 12.1 Å². The number of carbonyl (C=O) groups excluding carboxylic acids is 1. The third-order valence-electron chi connectivity index (χ3n) is 4.09. The fraction of sp³-hybridized carbons (Fsp3) is 0.222. The lowest BCUT2D eigenvalue weighted by Crippen LogP contribution is -2.29. The molecule has 0 fully saturated rings. The Hall–Kier alpha value is -3.63. The number of aromatic nitrogens is 2. The molecule has 0 bridgehead atoms. The van der Waals surface area contributed by atoms with E-state index in [2.05, 4.69) is 15.0 Å². The van der Waals surface area contributed by atoms with Crippen molar-refractivity contribution in [3.05, 3.63) is 64.5 Å². The zero-order chi connectivity index (χ0) is 21.2. The molecular formula is C18H15F3N4O4. The predicted molar refractivity (Wildman–Crippen MR) is 96.1 cm³/mol. The number of fused-ring (bicyclic) bond motifs is 1. The third-order valence-corrected chi connectivity index (χ3v) is 4.09. The van der Waals surface area contributed by atoms with Crippen molar-refractivity contribution in [2.75, 3.05) is 0 Å². The van der Waals surface area contributed by atoms with Crippen molar-refractivity contribution >= 4 is 22.6 Å². The van der Waals surface area contributed by atoms with Gasteiger partial charge in [0.25, 0.3) is 5.69 Å². The van der Waals surface area contributed by atoms with Gasteiger partial charge in [0.2, 0.25) is 5.91 Å². The van der Waals surface area contributed by atoms with Crippen LogP contribution in [0.25, 0.3) is 11.0 Å². The van der Waals surface area contributed by atoms with Gasteiger partial charge in [-0.1, -0.05) is 18.2 Å². The molecule has 3 aromatic rings. The van der Waals surface area contributed by atoms with Crippen LogP contribution in [0.4, 0.5) is 18.9 Å². The van der Waals surface area contributed by atoms with Gasteiger partial charge in [-0.25, -0.2) is 4.98 Å². The highest BCUT2D eigenvalue weighted by Gasteiger charge is 2.31. The quantitative estimate of drug-likeness (QED) is 0.495. The lowest BCUT2D eigenvalue weighted by atomic mass is 10.1. The van der Waals surface area contributed by atoms with Crippen molar-refractivity contribution in [3.8, 4) is 5.75 Å². The minimum absolute atomic E-state index is 0.0837. The first kappa shape index (κ1) is 20.1. The molecule has 1 N–H and O–H groups in total. The Morgan fingerprint density at radius 1 is 1.28 bits per heavy atom. The number of nitro benzene ring substituents is 1. The summed E-state index contributed by atoms with van der Waals surface area (Å²) in [5, 5.41) is 14.0. The van der Waals surface area contributed by atoms with E-state index in [9.17, 15) is 28.1 Å². The highest BCUT2D eigenvalue weighted by molar-refractivity contribution is 5.84. The second-order valence-corrected chi connectivity index (χ2v) is 6.17. The number of para-hydroxylation sites is 1. The van der Waals surface area contributed by atoms with Gasteiger partial charge in [0.05, 0.1) is 22.8 Å². The Labute approximate surface area is 162 Å². The van der Waals surface area contributed by atoms with Gasteiger partial charge in [-0.05, 0) is 23.8 Å². The van der Waals surface area contributed by atoms with Crippen molar-refractivity contribution in [1.29, 1.82) is 0 Å². The number of nitrogens with zero attached hydrogens (tertiary/aromatic N) is 3. The molecule has 1 aromatic heterocycles. The number of alkyl halides is 3. The van der Waals surface area contributed by atoms with E-state index >= 15 is 0 Å². The number of hydrogen-bond acceptors (Lipinski definition) is 5.